The maximum atomic E-state index is 15.2. The van der Waals surface area contributed by atoms with Crippen molar-refractivity contribution in [3.8, 4) is 34.2 Å². The van der Waals surface area contributed by atoms with Gasteiger partial charge in [-0.3, -0.25) is 0 Å². The van der Waals surface area contributed by atoms with Crippen molar-refractivity contribution >= 4 is 21.6 Å². The lowest BCUT2D eigenvalue weighted by Gasteiger charge is -2.11. The van der Waals surface area contributed by atoms with Crippen molar-refractivity contribution in [3.05, 3.63) is 144 Å². The average Bonchev–Trinajstić information content (AvgIpc) is 3.96. The molecule has 0 N–H and O–H groups in total. The number of tetrazole rings is 2. The Morgan fingerprint density at radius 2 is 0.900 bits per heavy atom. The van der Waals surface area contributed by atoms with Gasteiger partial charge in [0.15, 0.2) is 0 Å². The molecule has 0 unspecified atom stereocenters. The van der Waals surface area contributed by atoms with Gasteiger partial charge in [0, 0.05) is 0 Å². The van der Waals surface area contributed by atoms with Gasteiger partial charge in [-0.15, -0.1) is 20.4 Å². The molecule has 12 nitrogen and oxygen atoms in total. The molecule has 0 radical (unpaired) electrons. The van der Waals surface area contributed by atoms with Crippen LogP contribution in [-0.2, 0) is 13.1 Å². The lowest BCUT2D eigenvalue weighted by Crippen LogP contribution is -2.04. The van der Waals surface area contributed by atoms with Crippen LogP contribution in [0.25, 0.3) is 34.2 Å². The highest BCUT2D eigenvalue weighted by atomic mass is 33.1. The molecule has 0 aliphatic rings. The van der Waals surface area contributed by atoms with E-state index in [1.807, 2.05) is 60.7 Å². The van der Waals surface area contributed by atoms with Crippen LogP contribution in [0, 0.1) is 11.6 Å². The summed E-state index contributed by atoms with van der Waals surface area (Å²) in [7, 11) is 2.50. The zero-order valence-electron chi connectivity index (χ0n) is 25.9. The van der Waals surface area contributed by atoms with Gasteiger partial charge in [0.2, 0.25) is 11.6 Å². The maximum Gasteiger partial charge on any atom is 0.209 e. The molecule has 0 spiro atoms. The summed E-state index contributed by atoms with van der Waals surface area (Å²) in [6.07, 6.45) is 3.15. The first kappa shape index (κ1) is 31.3. The first-order valence-electron chi connectivity index (χ1n) is 15.3. The Labute approximate surface area is 291 Å². The summed E-state index contributed by atoms with van der Waals surface area (Å²) in [5.74, 6) is -0.322. The standard InChI is InChI=1S/C34H24F2N12S2/c35-27-15-7-9-17-29(27)47-33(25(19-37-47)31-39-43-45(41-31)21-23-11-3-1-4-12-23)49-50-34-26(20-38-48(34)30-18-10-8-16-28(30)36)32-40-44-46(42-32)22-24-13-5-2-6-14-24/h1-20H,21-22H2. The smallest absolute Gasteiger partial charge is 0.209 e. The van der Waals surface area contributed by atoms with Crippen LogP contribution in [0.15, 0.2) is 132 Å². The number of hydrogen-bond acceptors (Lipinski definition) is 10. The lowest BCUT2D eigenvalue weighted by atomic mass is 10.2. The molecule has 0 saturated heterocycles. The van der Waals surface area contributed by atoms with E-state index in [9.17, 15) is 0 Å². The van der Waals surface area contributed by atoms with E-state index >= 15 is 8.78 Å². The van der Waals surface area contributed by atoms with Gasteiger partial charge in [0.1, 0.15) is 33.1 Å². The fourth-order valence-electron chi connectivity index (χ4n) is 5.14. The number of rotatable bonds is 11. The number of benzene rings is 4. The largest absolute Gasteiger partial charge is 0.223 e. The molecule has 8 rings (SSSR count). The topological polar surface area (TPSA) is 123 Å². The molecule has 0 fully saturated rings. The third kappa shape index (κ3) is 6.40. The first-order valence-corrected chi connectivity index (χ1v) is 17.4. The molecule has 0 aliphatic carbocycles. The highest BCUT2D eigenvalue weighted by Gasteiger charge is 2.25. The molecule has 0 amide bonds. The molecule has 4 heterocycles. The number of halogens is 2. The van der Waals surface area contributed by atoms with E-state index in [1.54, 1.807) is 48.8 Å². The van der Waals surface area contributed by atoms with Crippen molar-refractivity contribution in [2.45, 2.75) is 23.1 Å². The van der Waals surface area contributed by atoms with Crippen molar-refractivity contribution in [2.75, 3.05) is 0 Å². The van der Waals surface area contributed by atoms with Crippen molar-refractivity contribution in [1.82, 2.24) is 60.0 Å². The number of para-hydroxylation sites is 2. The Kier molecular flexibility index (Phi) is 8.67. The zero-order chi connectivity index (χ0) is 33.9. The van der Waals surface area contributed by atoms with Gasteiger partial charge in [0.05, 0.1) is 36.6 Å². The van der Waals surface area contributed by atoms with Gasteiger partial charge in [0.25, 0.3) is 0 Å². The van der Waals surface area contributed by atoms with Crippen molar-refractivity contribution < 1.29 is 8.78 Å². The predicted molar refractivity (Wildman–Crippen MR) is 183 cm³/mol. The van der Waals surface area contributed by atoms with E-state index in [-0.39, 0.29) is 11.4 Å². The summed E-state index contributed by atoms with van der Waals surface area (Å²) in [6.45, 7) is 0.825. The van der Waals surface area contributed by atoms with Crippen molar-refractivity contribution in [2.24, 2.45) is 0 Å². The molecule has 4 aromatic carbocycles. The summed E-state index contributed by atoms with van der Waals surface area (Å²) >= 11 is 0. The SMILES string of the molecule is Fc1ccccc1-n1ncc(-c2nnn(Cc3ccccc3)n2)c1SSc1c(-c2nnn(Cc3ccccc3)n2)cnn1-c1ccccc1F. The van der Waals surface area contributed by atoms with Gasteiger partial charge in [-0.05, 0) is 67.4 Å². The predicted octanol–water partition coefficient (Wildman–Crippen LogP) is 6.54. The molecule has 4 aromatic heterocycles. The third-order valence-electron chi connectivity index (χ3n) is 7.53. The Morgan fingerprint density at radius 3 is 1.32 bits per heavy atom. The normalized spacial score (nSPS) is 11.3. The average molecular weight is 703 g/mol. The quantitative estimate of drug-likeness (QED) is 0.137. The van der Waals surface area contributed by atoms with Crippen molar-refractivity contribution in [3.63, 3.8) is 0 Å². The monoisotopic (exact) mass is 702 g/mol. The van der Waals surface area contributed by atoms with E-state index in [4.69, 9.17) is 0 Å². The second-order valence-corrected chi connectivity index (χ2v) is 13.0. The Hall–Kier alpha value is -6.00. The van der Waals surface area contributed by atoms with E-state index < -0.39 is 11.6 Å². The van der Waals surface area contributed by atoms with Crippen LogP contribution < -0.4 is 0 Å². The summed E-state index contributed by atoms with van der Waals surface area (Å²) in [4.78, 5) is 2.98. The van der Waals surface area contributed by atoms with Crippen LogP contribution in [0.3, 0.4) is 0 Å². The number of hydrogen-bond donors (Lipinski definition) is 0. The lowest BCUT2D eigenvalue weighted by molar-refractivity contribution is 0.572. The Bertz CT molecular complexity index is 2220. The summed E-state index contributed by atoms with van der Waals surface area (Å²) in [6, 6.07) is 32.2. The molecule has 0 bridgehead atoms. The molecule has 0 saturated carbocycles. The number of nitrogens with zero attached hydrogens (tertiary/aromatic N) is 12. The molecule has 0 aliphatic heterocycles. The van der Waals surface area contributed by atoms with Gasteiger partial charge in [-0.2, -0.15) is 19.8 Å². The second kappa shape index (κ2) is 13.9. The molecular weight excluding hydrogens is 679 g/mol. The summed E-state index contributed by atoms with van der Waals surface area (Å²) in [5, 5.41) is 36.5. The van der Waals surface area contributed by atoms with Gasteiger partial charge >= 0.3 is 0 Å². The van der Waals surface area contributed by atoms with E-state index in [1.165, 1.54) is 52.7 Å². The third-order valence-corrected chi connectivity index (χ3v) is 9.91. The molecule has 16 heteroatoms. The highest BCUT2D eigenvalue weighted by Crippen LogP contribution is 2.46. The summed E-state index contributed by atoms with van der Waals surface area (Å²) < 4.78 is 33.4. The minimum Gasteiger partial charge on any atom is -0.223 e. The fourth-order valence-corrected chi connectivity index (χ4v) is 7.63. The molecule has 50 heavy (non-hydrogen) atoms. The first-order chi connectivity index (χ1) is 24.6. The maximum absolute atomic E-state index is 15.2. The molecule has 0 atom stereocenters. The summed E-state index contributed by atoms with van der Waals surface area (Å²) in [5.41, 5.74) is 3.52. The van der Waals surface area contributed by atoms with Gasteiger partial charge in [-0.25, -0.2) is 18.1 Å². The fraction of sp³-hybridized carbons (Fsp3) is 0.0588. The molecule has 8 aromatic rings. The zero-order valence-corrected chi connectivity index (χ0v) is 27.5. The van der Waals surface area contributed by atoms with E-state index in [2.05, 4.69) is 41.0 Å². The Balaban J connectivity index is 1.18. The van der Waals surface area contributed by atoms with Crippen LogP contribution in [-0.4, -0.2) is 60.0 Å². The van der Waals surface area contributed by atoms with Crippen LogP contribution in [0.2, 0.25) is 0 Å². The Morgan fingerprint density at radius 1 is 0.500 bits per heavy atom. The van der Waals surface area contributed by atoms with E-state index in [0.29, 0.717) is 45.9 Å². The van der Waals surface area contributed by atoms with Crippen LogP contribution in [0.1, 0.15) is 11.1 Å². The number of aromatic nitrogens is 12. The molecule has 246 valence electrons. The highest BCUT2D eigenvalue weighted by molar-refractivity contribution is 8.76. The molecular formula is C34H24F2N12S2. The second-order valence-electron chi connectivity index (χ2n) is 10.9. The van der Waals surface area contributed by atoms with E-state index in [0.717, 1.165) is 11.1 Å². The van der Waals surface area contributed by atoms with Crippen LogP contribution in [0.5, 0.6) is 0 Å². The van der Waals surface area contributed by atoms with Crippen molar-refractivity contribution in [1.29, 1.82) is 0 Å². The minimum absolute atomic E-state index is 0.229. The minimum atomic E-state index is -0.467. The van der Waals surface area contributed by atoms with Crippen LogP contribution >= 0.6 is 21.6 Å². The van der Waals surface area contributed by atoms with Gasteiger partial charge in [-0.1, -0.05) is 84.9 Å². The van der Waals surface area contributed by atoms with Crippen LogP contribution in [0.4, 0.5) is 8.78 Å². The van der Waals surface area contributed by atoms with Gasteiger partial charge < -0.3 is 0 Å².